The molecule has 0 spiro atoms. The van der Waals surface area contributed by atoms with Gasteiger partial charge in [0.25, 0.3) is 0 Å². The normalized spacial score (nSPS) is 14.9. The van der Waals surface area contributed by atoms with Gasteiger partial charge in [-0.15, -0.1) is 0 Å². The highest BCUT2D eigenvalue weighted by Crippen LogP contribution is 2.23. The number of rotatable bonds is 4. The number of aromatic nitrogens is 7. The number of fused-ring (bicyclic) bond motifs is 1. The Labute approximate surface area is 166 Å². The van der Waals surface area contributed by atoms with Crippen molar-refractivity contribution in [3.05, 3.63) is 43.2 Å². The summed E-state index contributed by atoms with van der Waals surface area (Å²) in [5, 5.41) is 12.2. The van der Waals surface area contributed by atoms with E-state index in [0.29, 0.717) is 12.4 Å². The number of hydrogen-bond acceptors (Lipinski definition) is 7. The smallest absolute Gasteiger partial charge is 0.209 e. The molecule has 0 aliphatic carbocycles. The molecule has 1 fully saturated rings. The molecule has 29 heavy (non-hydrogen) atoms. The average Bonchev–Trinajstić information content (AvgIpc) is 3.38. The fourth-order valence-corrected chi connectivity index (χ4v) is 3.52. The fourth-order valence-electron chi connectivity index (χ4n) is 3.52. The molecule has 0 saturated carbocycles. The first kappa shape index (κ1) is 17.3. The Morgan fingerprint density at radius 1 is 1.00 bits per heavy atom. The largest absolute Gasteiger partial charge is 0.353 e. The summed E-state index contributed by atoms with van der Waals surface area (Å²) in [5.41, 5.74) is 2.60. The van der Waals surface area contributed by atoms with E-state index in [1.165, 1.54) is 0 Å². The molecular weight excluding hydrogens is 370 g/mol. The highest BCUT2D eigenvalue weighted by molar-refractivity contribution is 5.82. The summed E-state index contributed by atoms with van der Waals surface area (Å²) in [6.07, 6.45) is 12.4. The molecule has 1 N–H and O–H groups in total. The minimum Gasteiger partial charge on any atom is -0.353 e. The molecule has 0 unspecified atom stereocenters. The lowest BCUT2D eigenvalue weighted by Gasteiger charge is -2.21. The van der Waals surface area contributed by atoms with E-state index < -0.39 is 0 Å². The van der Waals surface area contributed by atoms with E-state index in [2.05, 4.69) is 30.2 Å². The zero-order valence-electron chi connectivity index (χ0n) is 15.6. The maximum absolute atomic E-state index is 11.1. The molecule has 4 aromatic rings. The van der Waals surface area contributed by atoms with Crippen molar-refractivity contribution in [3.63, 3.8) is 0 Å². The van der Waals surface area contributed by atoms with Crippen LogP contribution in [-0.2, 0) is 4.79 Å². The van der Waals surface area contributed by atoms with Crippen molar-refractivity contribution >= 4 is 23.1 Å². The van der Waals surface area contributed by atoms with Crippen LogP contribution < -0.4 is 4.90 Å². The topological polar surface area (TPSA) is 109 Å². The van der Waals surface area contributed by atoms with Crippen molar-refractivity contribution in [2.75, 3.05) is 31.1 Å². The summed E-state index contributed by atoms with van der Waals surface area (Å²) >= 11 is 0. The predicted molar refractivity (Wildman–Crippen MR) is 107 cm³/mol. The van der Waals surface area contributed by atoms with Gasteiger partial charge in [0.05, 0.1) is 36.0 Å². The van der Waals surface area contributed by atoms with Gasteiger partial charge in [0.2, 0.25) is 6.41 Å². The van der Waals surface area contributed by atoms with Gasteiger partial charge in [0, 0.05) is 49.5 Å². The number of aromatic amines is 1. The second-order valence-corrected chi connectivity index (χ2v) is 6.89. The quantitative estimate of drug-likeness (QED) is 0.524. The Bertz CT molecular complexity index is 1140. The maximum atomic E-state index is 11.1. The standard InChI is InChI=1S/C19H19N9O/c29-13-26-2-1-3-27(5-4-26)18-11-20-12-19(25-18)28-17-6-16(14-8-22-23-9-14)21-7-15(17)10-24-28/h6-13H,1-5H2,(H,22,23). The first-order valence-electron chi connectivity index (χ1n) is 9.41. The predicted octanol–water partition coefficient (Wildman–Crippen LogP) is 1.27. The minimum absolute atomic E-state index is 0.637. The number of nitrogens with zero attached hydrogens (tertiary/aromatic N) is 8. The van der Waals surface area contributed by atoms with Gasteiger partial charge in [0.15, 0.2) is 5.82 Å². The zero-order chi connectivity index (χ0) is 19.6. The molecule has 5 rings (SSSR count). The second kappa shape index (κ2) is 7.30. The van der Waals surface area contributed by atoms with Gasteiger partial charge in [-0.25, -0.2) is 9.67 Å². The Morgan fingerprint density at radius 3 is 2.79 bits per heavy atom. The molecule has 1 saturated heterocycles. The van der Waals surface area contributed by atoms with Crippen LogP contribution in [0, 0.1) is 0 Å². The van der Waals surface area contributed by atoms with Crippen LogP contribution in [0.2, 0.25) is 0 Å². The van der Waals surface area contributed by atoms with Crippen LogP contribution in [0.1, 0.15) is 6.42 Å². The van der Waals surface area contributed by atoms with Crippen LogP contribution in [0.25, 0.3) is 28.0 Å². The zero-order valence-corrected chi connectivity index (χ0v) is 15.6. The molecule has 0 radical (unpaired) electrons. The van der Waals surface area contributed by atoms with Gasteiger partial charge in [-0.05, 0) is 12.5 Å². The first-order chi connectivity index (χ1) is 14.3. The summed E-state index contributed by atoms with van der Waals surface area (Å²) in [6.45, 7) is 3.00. The van der Waals surface area contributed by atoms with E-state index in [-0.39, 0.29) is 0 Å². The van der Waals surface area contributed by atoms with Crippen LogP contribution >= 0.6 is 0 Å². The average molecular weight is 389 g/mol. The molecule has 0 bridgehead atoms. The lowest BCUT2D eigenvalue weighted by molar-refractivity contribution is -0.117. The molecule has 10 heteroatoms. The van der Waals surface area contributed by atoms with Crippen molar-refractivity contribution in [2.24, 2.45) is 0 Å². The Morgan fingerprint density at radius 2 is 1.93 bits per heavy atom. The van der Waals surface area contributed by atoms with Crippen molar-refractivity contribution in [1.82, 2.24) is 39.8 Å². The summed E-state index contributed by atoms with van der Waals surface area (Å²) in [4.78, 5) is 28.7. The third-order valence-electron chi connectivity index (χ3n) is 5.08. The molecule has 1 aliphatic heterocycles. The number of hydrogen-bond donors (Lipinski definition) is 1. The molecule has 1 amide bonds. The highest BCUT2D eigenvalue weighted by atomic mass is 16.1. The van der Waals surface area contributed by atoms with E-state index >= 15 is 0 Å². The molecule has 1 aliphatic rings. The number of H-pyrrole nitrogens is 1. The van der Waals surface area contributed by atoms with E-state index in [4.69, 9.17) is 4.98 Å². The van der Waals surface area contributed by atoms with Gasteiger partial charge in [0.1, 0.15) is 5.82 Å². The number of amides is 1. The number of carbonyl (C=O) groups excluding carboxylic acids is 1. The Kier molecular flexibility index (Phi) is 4.35. The van der Waals surface area contributed by atoms with E-state index in [1.54, 1.807) is 46.8 Å². The van der Waals surface area contributed by atoms with Crippen LogP contribution in [0.3, 0.4) is 0 Å². The van der Waals surface area contributed by atoms with Gasteiger partial charge >= 0.3 is 0 Å². The highest BCUT2D eigenvalue weighted by Gasteiger charge is 2.17. The lowest BCUT2D eigenvalue weighted by Crippen LogP contribution is -2.30. The molecule has 146 valence electrons. The molecule has 0 aromatic carbocycles. The summed E-state index contributed by atoms with van der Waals surface area (Å²) < 4.78 is 1.77. The summed E-state index contributed by atoms with van der Waals surface area (Å²) in [7, 11) is 0. The van der Waals surface area contributed by atoms with E-state index in [0.717, 1.165) is 60.4 Å². The van der Waals surface area contributed by atoms with Crippen molar-refractivity contribution < 1.29 is 4.79 Å². The summed E-state index contributed by atoms with van der Waals surface area (Å²) in [6, 6.07) is 1.97. The molecular formula is C19H19N9O. The lowest BCUT2D eigenvalue weighted by atomic mass is 10.2. The molecule has 10 nitrogen and oxygen atoms in total. The van der Waals surface area contributed by atoms with Crippen LogP contribution in [0.5, 0.6) is 0 Å². The SMILES string of the molecule is O=CN1CCCN(c2cncc(-n3ncc4cnc(-c5cn[nH]c5)cc43)n2)CC1. The third kappa shape index (κ3) is 3.28. The van der Waals surface area contributed by atoms with Gasteiger partial charge < -0.3 is 9.80 Å². The van der Waals surface area contributed by atoms with E-state index in [9.17, 15) is 4.79 Å². The molecule has 5 heterocycles. The maximum Gasteiger partial charge on any atom is 0.209 e. The van der Waals surface area contributed by atoms with Gasteiger partial charge in [-0.3, -0.25) is 19.9 Å². The van der Waals surface area contributed by atoms with Crippen molar-refractivity contribution in [2.45, 2.75) is 6.42 Å². The second-order valence-electron chi connectivity index (χ2n) is 6.89. The third-order valence-corrected chi connectivity index (χ3v) is 5.08. The first-order valence-corrected chi connectivity index (χ1v) is 9.41. The van der Waals surface area contributed by atoms with Gasteiger partial charge in [-0.1, -0.05) is 0 Å². The van der Waals surface area contributed by atoms with Crippen LogP contribution in [0.15, 0.2) is 43.2 Å². The van der Waals surface area contributed by atoms with Crippen molar-refractivity contribution in [3.8, 4) is 17.1 Å². The Balaban J connectivity index is 1.50. The minimum atomic E-state index is 0.637. The van der Waals surface area contributed by atoms with Gasteiger partial charge in [-0.2, -0.15) is 10.2 Å². The van der Waals surface area contributed by atoms with Crippen LogP contribution in [0.4, 0.5) is 5.82 Å². The van der Waals surface area contributed by atoms with Crippen molar-refractivity contribution in [1.29, 1.82) is 0 Å². The van der Waals surface area contributed by atoms with Crippen LogP contribution in [-0.4, -0.2) is 72.4 Å². The summed E-state index contributed by atoms with van der Waals surface area (Å²) in [5.74, 6) is 1.42. The number of nitrogens with one attached hydrogen (secondary N) is 1. The fraction of sp³-hybridized carbons (Fsp3) is 0.263. The molecule has 4 aromatic heterocycles. The molecule has 0 atom stereocenters. The number of anilines is 1. The van der Waals surface area contributed by atoms with E-state index in [1.807, 2.05) is 6.07 Å². The Hall–Kier alpha value is -3.82. The number of pyridine rings is 1. The monoisotopic (exact) mass is 389 g/mol. The number of carbonyl (C=O) groups is 1.